The van der Waals surface area contributed by atoms with Crippen LogP contribution >= 0.6 is 0 Å². The molecule has 0 heterocycles. The number of hydrogen-bond acceptors (Lipinski definition) is 0. The molecule has 0 bridgehead atoms. The van der Waals surface area contributed by atoms with Gasteiger partial charge in [0, 0.05) is 0 Å². The zero-order chi connectivity index (χ0) is 9.07. The summed E-state index contributed by atoms with van der Waals surface area (Å²) in [5.74, 6) is 0. The molecule has 0 aliphatic heterocycles. The molecular formula is C12H20. The summed E-state index contributed by atoms with van der Waals surface area (Å²) in [5.41, 5.74) is 0. The highest BCUT2D eigenvalue weighted by atomic mass is 13.9. The average Bonchev–Trinajstić information content (AvgIpc) is 2.10. The van der Waals surface area contributed by atoms with Crippen molar-refractivity contribution < 1.29 is 0 Å². The van der Waals surface area contributed by atoms with E-state index in [-0.39, 0.29) is 0 Å². The zero-order valence-corrected chi connectivity index (χ0v) is 8.13. The third kappa shape index (κ3) is 9.22. The normalized spacial score (nSPS) is 11.4. The summed E-state index contributed by atoms with van der Waals surface area (Å²) in [7, 11) is 0. The van der Waals surface area contributed by atoms with Crippen LogP contribution in [0.5, 0.6) is 0 Å². The van der Waals surface area contributed by atoms with E-state index in [0.29, 0.717) is 0 Å². The second kappa shape index (κ2) is 10.2. The Morgan fingerprint density at radius 2 is 1.67 bits per heavy atom. The molecule has 0 aromatic carbocycles. The number of allylic oxidation sites excluding steroid dienone is 5. The fourth-order valence-corrected chi connectivity index (χ4v) is 0.940. The van der Waals surface area contributed by atoms with Crippen LogP contribution in [0.3, 0.4) is 0 Å². The Bertz CT molecular complexity index is 140. The van der Waals surface area contributed by atoms with E-state index in [0.717, 1.165) is 12.8 Å². The van der Waals surface area contributed by atoms with Crippen molar-refractivity contribution in [2.24, 2.45) is 0 Å². The van der Waals surface area contributed by atoms with Crippen molar-refractivity contribution >= 4 is 0 Å². The first-order chi connectivity index (χ1) is 5.91. The molecule has 0 unspecified atom stereocenters. The summed E-state index contributed by atoms with van der Waals surface area (Å²) in [6.07, 6.45) is 16.7. The van der Waals surface area contributed by atoms with Crippen LogP contribution < -0.4 is 0 Å². The first kappa shape index (κ1) is 11.2. The fraction of sp³-hybridized carbons (Fsp3) is 0.500. The van der Waals surface area contributed by atoms with E-state index in [9.17, 15) is 0 Å². The molecule has 0 atom stereocenters. The Morgan fingerprint density at radius 1 is 1.00 bits per heavy atom. The monoisotopic (exact) mass is 164 g/mol. The third-order valence-electron chi connectivity index (χ3n) is 1.65. The highest BCUT2D eigenvalue weighted by Gasteiger charge is 1.80. The predicted octanol–water partition coefficient (Wildman–Crippen LogP) is 4.26. The van der Waals surface area contributed by atoms with Gasteiger partial charge in [0.15, 0.2) is 0 Å². The van der Waals surface area contributed by atoms with E-state index in [1.165, 1.54) is 19.3 Å². The van der Waals surface area contributed by atoms with Gasteiger partial charge in [-0.1, -0.05) is 37.3 Å². The summed E-state index contributed by atoms with van der Waals surface area (Å²) in [6.45, 7) is 5.84. The zero-order valence-electron chi connectivity index (χ0n) is 8.13. The van der Waals surface area contributed by atoms with Crippen molar-refractivity contribution in [2.45, 2.75) is 39.0 Å². The van der Waals surface area contributed by atoms with Crippen molar-refractivity contribution in [1.29, 1.82) is 0 Å². The summed E-state index contributed by atoms with van der Waals surface area (Å²) in [5, 5.41) is 0. The molecule has 0 amide bonds. The summed E-state index contributed by atoms with van der Waals surface area (Å²) >= 11 is 0. The van der Waals surface area contributed by atoms with Gasteiger partial charge in [0.25, 0.3) is 0 Å². The van der Waals surface area contributed by atoms with Crippen LogP contribution in [0.2, 0.25) is 0 Å². The number of hydrogen-bond donors (Lipinski definition) is 0. The minimum Gasteiger partial charge on any atom is -0.103 e. The van der Waals surface area contributed by atoms with Gasteiger partial charge < -0.3 is 0 Å². The molecule has 0 aliphatic rings. The van der Waals surface area contributed by atoms with Crippen molar-refractivity contribution in [2.75, 3.05) is 0 Å². The van der Waals surface area contributed by atoms with Crippen LogP contribution in [0.1, 0.15) is 39.0 Å². The van der Waals surface area contributed by atoms with Crippen LogP contribution in [-0.4, -0.2) is 0 Å². The second-order valence-electron chi connectivity index (χ2n) is 2.84. The molecule has 0 rings (SSSR count). The maximum Gasteiger partial charge on any atom is -0.0347 e. The van der Waals surface area contributed by atoms with E-state index in [1.807, 2.05) is 6.08 Å². The van der Waals surface area contributed by atoms with Gasteiger partial charge >= 0.3 is 0 Å². The molecule has 0 N–H and O–H groups in total. The van der Waals surface area contributed by atoms with Crippen LogP contribution in [-0.2, 0) is 0 Å². The molecule has 0 radical (unpaired) electrons. The molecule has 0 aliphatic carbocycles. The van der Waals surface area contributed by atoms with Crippen molar-refractivity contribution in [3.05, 3.63) is 37.0 Å². The average molecular weight is 164 g/mol. The second-order valence-corrected chi connectivity index (χ2v) is 2.84. The molecule has 0 saturated carbocycles. The highest BCUT2D eigenvalue weighted by Crippen LogP contribution is 2.00. The summed E-state index contributed by atoms with van der Waals surface area (Å²) in [6, 6.07) is 0. The van der Waals surface area contributed by atoms with E-state index < -0.39 is 0 Å². The van der Waals surface area contributed by atoms with E-state index >= 15 is 0 Å². The van der Waals surface area contributed by atoms with Crippen molar-refractivity contribution in [1.82, 2.24) is 0 Å². The largest absolute Gasteiger partial charge is 0.103 e. The summed E-state index contributed by atoms with van der Waals surface area (Å²) < 4.78 is 0. The molecule has 0 nitrogen and oxygen atoms in total. The van der Waals surface area contributed by atoms with Gasteiger partial charge in [-0.3, -0.25) is 0 Å². The van der Waals surface area contributed by atoms with Crippen LogP contribution in [0, 0.1) is 0 Å². The van der Waals surface area contributed by atoms with E-state index in [1.54, 1.807) is 0 Å². The van der Waals surface area contributed by atoms with Gasteiger partial charge in [-0.2, -0.15) is 0 Å². The van der Waals surface area contributed by atoms with Crippen LogP contribution in [0.4, 0.5) is 0 Å². The van der Waals surface area contributed by atoms with Gasteiger partial charge in [0.2, 0.25) is 0 Å². The van der Waals surface area contributed by atoms with Crippen LogP contribution in [0.25, 0.3) is 0 Å². The molecule has 0 saturated heterocycles. The molecule has 0 aromatic rings. The molecule has 0 heteroatoms. The van der Waals surface area contributed by atoms with Crippen molar-refractivity contribution in [3.63, 3.8) is 0 Å². The number of rotatable bonds is 7. The van der Waals surface area contributed by atoms with Gasteiger partial charge in [0.05, 0.1) is 0 Å². The topological polar surface area (TPSA) is 0 Å². The minimum absolute atomic E-state index is 1.13. The SMILES string of the molecule is C=CCCCC/C=C/C=C\CC. The molecule has 0 spiro atoms. The van der Waals surface area contributed by atoms with Crippen LogP contribution in [0.15, 0.2) is 37.0 Å². The predicted molar refractivity (Wildman–Crippen MR) is 57.2 cm³/mol. The quantitative estimate of drug-likeness (QED) is 0.300. The Morgan fingerprint density at radius 3 is 2.33 bits per heavy atom. The molecule has 0 aromatic heterocycles. The molecule has 0 fully saturated rings. The lowest BCUT2D eigenvalue weighted by molar-refractivity contribution is 0.763. The van der Waals surface area contributed by atoms with Gasteiger partial charge in [-0.25, -0.2) is 0 Å². The first-order valence-corrected chi connectivity index (χ1v) is 4.84. The van der Waals surface area contributed by atoms with E-state index in [2.05, 4.69) is 37.8 Å². The standard InChI is InChI=1S/C12H20/c1-3-5-7-9-11-12-10-8-6-4-2/h3,6,8,10,12H,1,4-5,7,9,11H2,2H3/b8-6-,12-10+. The van der Waals surface area contributed by atoms with Crippen molar-refractivity contribution in [3.8, 4) is 0 Å². The molecule has 68 valence electrons. The minimum atomic E-state index is 1.13. The Balaban J connectivity index is 3.12. The third-order valence-corrected chi connectivity index (χ3v) is 1.65. The van der Waals surface area contributed by atoms with Gasteiger partial charge in [0.1, 0.15) is 0 Å². The number of unbranched alkanes of at least 4 members (excludes halogenated alkanes) is 3. The Labute approximate surface area is 76.7 Å². The maximum atomic E-state index is 3.69. The van der Waals surface area contributed by atoms with Gasteiger partial charge in [-0.05, 0) is 32.1 Å². The smallest absolute Gasteiger partial charge is 0.0347 e. The highest BCUT2D eigenvalue weighted by molar-refractivity contribution is 5.01. The Kier molecular flexibility index (Phi) is 9.56. The lowest BCUT2D eigenvalue weighted by Gasteiger charge is -1.90. The molecular weight excluding hydrogens is 144 g/mol. The summed E-state index contributed by atoms with van der Waals surface area (Å²) in [4.78, 5) is 0. The Hall–Kier alpha value is -0.780. The lowest BCUT2D eigenvalue weighted by atomic mass is 10.2. The lowest BCUT2D eigenvalue weighted by Crippen LogP contribution is -1.70. The van der Waals surface area contributed by atoms with E-state index in [4.69, 9.17) is 0 Å². The molecule has 12 heavy (non-hydrogen) atoms. The fourth-order valence-electron chi connectivity index (χ4n) is 0.940. The maximum absolute atomic E-state index is 3.69. The first-order valence-electron chi connectivity index (χ1n) is 4.84. The van der Waals surface area contributed by atoms with Gasteiger partial charge in [-0.15, -0.1) is 6.58 Å².